The van der Waals surface area contributed by atoms with Crippen LogP contribution in [0.4, 0.5) is 5.69 Å². The van der Waals surface area contributed by atoms with E-state index in [4.69, 9.17) is 27.9 Å². The summed E-state index contributed by atoms with van der Waals surface area (Å²) in [5.74, 6) is 0.157. The first-order valence-corrected chi connectivity index (χ1v) is 10.8. The topological polar surface area (TPSA) is 93.8 Å². The number of hydrazone groups is 1. The standard InChI is InChI=1S/C22H16BrCl2N3O4/c23-17-9-14(6-8-21(17)32-13-15-5-7-18(24)19(25)10-15)12-26-27-22(29)11-16-3-1-2-4-20(16)28(30)31/h1-10,12H,11,13H2,(H,27,29)/b26-12+. The lowest BCUT2D eigenvalue weighted by molar-refractivity contribution is -0.385. The fraction of sp³-hybridized carbons (Fsp3) is 0.0909. The van der Waals surface area contributed by atoms with Crippen LogP contribution in [0, 0.1) is 10.1 Å². The van der Waals surface area contributed by atoms with Gasteiger partial charge in [0.05, 0.1) is 32.1 Å². The number of nitro groups is 1. The number of nitrogens with zero attached hydrogens (tertiary/aromatic N) is 2. The molecule has 0 heterocycles. The van der Waals surface area contributed by atoms with Gasteiger partial charge in [-0.15, -0.1) is 0 Å². The molecule has 3 aromatic carbocycles. The summed E-state index contributed by atoms with van der Waals surface area (Å²) in [5, 5.41) is 15.9. The molecule has 32 heavy (non-hydrogen) atoms. The number of carbonyl (C=O) groups excluding carboxylic acids is 1. The number of hydrogen-bond donors (Lipinski definition) is 1. The first kappa shape index (κ1) is 23.7. The van der Waals surface area contributed by atoms with Crippen LogP contribution in [0.3, 0.4) is 0 Å². The van der Waals surface area contributed by atoms with Crippen LogP contribution in [0.15, 0.2) is 70.2 Å². The average Bonchev–Trinajstić information content (AvgIpc) is 2.75. The summed E-state index contributed by atoms with van der Waals surface area (Å²) < 4.78 is 6.50. The SMILES string of the molecule is O=C(Cc1ccccc1[N+](=O)[O-])N/N=C/c1ccc(OCc2ccc(Cl)c(Cl)c2)c(Br)c1. The van der Waals surface area contributed by atoms with Gasteiger partial charge in [-0.25, -0.2) is 5.43 Å². The van der Waals surface area contributed by atoms with Gasteiger partial charge in [0.25, 0.3) is 5.69 Å². The van der Waals surface area contributed by atoms with Gasteiger partial charge in [-0.3, -0.25) is 14.9 Å². The molecule has 10 heteroatoms. The Kier molecular flexibility index (Phi) is 8.21. The molecule has 164 valence electrons. The van der Waals surface area contributed by atoms with Crippen LogP contribution in [0.5, 0.6) is 5.75 Å². The van der Waals surface area contributed by atoms with Crippen LogP contribution in [0.25, 0.3) is 0 Å². The van der Waals surface area contributed by atoms with Gasteiger partial charge in [-0.2, -0.15) is 5.10 Å². The number of halogens is 3. The molecule has 0 spiro atoms. The summed E-state index contributed by atoms with van der Waals surface area (Å²) in [6.07, 6.45) is 1.31. The molecule has 0 saturated carbocycles. The van der Waals surface area contributed by atoms with E-state index < -0.39 is 10.8 Å². The van der Waals surface area contributed by atoms with Gasteiger partial charge in [-0.1, -0.05) is 47.5 Å². The zero-order valence-electron chi connectivity index (χ0n) is 16.4. The van der Waals surface area contributed by atoms with Crippen molar-refractivity contribution in [3.63, 3.8) is 0 Å². The summed E-state index contributed by atoms with van der Waals surface area (Å²) in [4.78, 5) is 22.6. The third-order valence-corrected chi connectivity index (χ3v) is 5.64. The van der Waals surface area contributed by atoms with E-state index in [1.54, 1.807) is 42.5 Å². The monoisotopic (exact) mass is 535 g/mol. The van der Waals surface area contributed by atoms with Gasteiger partial charge in [0, 0.05) is 11.6 Å². The van der Waals surface area contributed by atoms with Gasteiger partial charge < -0.3 is 4.74 Å². The molecule has 0 radical (unpaired) electrons. The molecule has 0 unspecified atom stereocenters. The molecule has 7 nitrogen and oxygen atoms in total. The quantitative estimate of drug-likeness (QED) is 0.219. The molecule has 0 fully saturated rings. The lowest BCUT2D eigenvalue weighted by atomic mass is 10.1. The fourth-order valence-electron chi connectivity index (χ4n) is 2.73. The van der Waals surface area contributed by atoms with Crippen molar-refractivity contribution in [3.8, 4) is 5.75 Å². The van der Waals surface area contributed by atoms with E-state index in [1.165, 1.54) is 18.3 Å². The number of nitrogens with one attached hydrogen (secondary N) is 1. The second-order valence-corrected chi connectivity index (χ2v) is 8.25. The van der Waals surface area contributed by atoms with Crippen molar-refractivity contribution < 1.29 is 14.5 Å². The van der Waals surface area contributed by atoms with Crippen molar-refractivity contribution >= 4 is 56.9 Å². The molecule has 0 aliphatic heterocycles. The van der Waals surface area contributed by atoms with Crippen LogP contribution in [-0.2, 0) is 17.8 Å². The van der Waals surface area contributed by atoms with E-state index >= 15 is 0 Å². The highest BCUT2D eigenvalue weighted by Crippen LogP contribution is 2.28. The lowest BCUT2D eigenvalue weighted by Gasteiger charge is -2.09. The fourth-order valence-corrected chi connectivity index (χ4v) is 3.57. The molecular formula is C22H16BrCl2N3O4. The number of para-hydroxylation sites is 1. The Bertz CT molecular complexity index is 1190. The molecule has 3 rings (SSSR count). The van der Waals surface area contributed by atoms with Crippen LogP contribution in [-0.4, -0.2) is 17.0 Å². The minimum absolute atomic E-state index is 0.105. The maximum Gasteiger partial charge on any atom is 0.273 e. The van der Waals surface area contributed by atoms with Crippen molar-refractivity contribution in [2.45, 2.75) is 13.0 Å². The predicted molar refractivity (Wildman–Crippen MR) is 127 cm³/mol. The van der Waals surface area contributed by atoms with Gasteiger partial charge in [0.15, 0.2) is 0 Å². The molecule has 0 atom stereocenters. The number of nitro benzene ring substituents is 1. The Morgan fingerprint density at radius 3 is 2.62 bits per heavy atom. The van der Waals surface area contributed by atoms with E-state index in [0.29, 0.717) is 38.0 Å². The molecule has 0 bridgehead atoms. The van der Waals surface area contributed by atoms with Crippen molar-refractivity contribution in [3.05, 3.63) is 102 Å². The zero-order valence-corrected chi connectivity index (χ0v) is 19.5. The van der Waals surface area contributed by atoms with Gasteiger partial charge >= 0.3 is 0 Å². The molecule has 0 aliphatic carbocycles. The van der Waals surface area contributed by atoms with E-state index in [1.807, 2.05) is 6.07 Å². The summed E-state index contributed by atoms with van der Waals surface area (Å²) in [5.41, 5.74) is 4.17. The van der Waals surface area contributed by atoms with Gasteiger partial charge in [0.2, 0.25) is 5.91 Å². The van der Waals surface area contributed by atoms with Crippen LogP contribution < -0.4 is 10.2 Å². The minimum atomic E-state index is -0.519. The summed E-state index contributed by atoms with van der Waals surface area (Å²) in [6, 6.07) is 16.7. The van der Waals surface area contributed by atoms with Crippen molar-refractivity contribution in [1.29, 1.82) is 0 Å². The summed E-state index contributed by atoms with van der Waals surface area (Å²) >= 11 is 15.4. The molecule has 3 aromatic rings. The summed E-state index contributed by atoms with van der Waals surface area (Å²) in [6.45, 7) is 0.310. The number of ether oxygens (including phenoxy) is 1. The van der Waals surface area contributed by atoms with Gasteiger partial charge in [0.1, 0.15) is 12.4 Å². The number of hydrogen-bond acceptors (Lipinski definition) is 5. The summed E-state index contributed by atoms with van der Waals surface area (Å²) in [7, 11) is 0. The zero-order chi connectivity index (χ0) is 23.1. The second kappa shape index (κ2) is 11.1. The van der Waals surface area contributed by atoms with Crippen LogP contribution in [0.1, 0.15) is 16.7 Å². The molecule has 0 saturated heterocycles. The van der Waals surface area contributed by atoms with E-state index in [0.717, 1.165) is 5.56 Å². The Morgan fingerprint density at radius 1 is 1.12 bits per heavy atom. The number of carbonyl (C=O) groups is 1. The smallest absolute Gasteiger partial charge is 0.273 e. The van der Waals surface area contributed by atoms with Crippen molar-refractivity contribution in [1.82, 2.24) is 5.43 Å². The number of benzene rings is 3. The Balaban J connectivity index is 1.56. The molecule has 0 aromatic heterocycles. The molecule has 1 amide bonds. The highest BCUT2D eigenvalue weighted by Gasteiger charge is 2.15. The Hall–Kier alpha value is -2.94. The number of rotatable bonds is 8. The first-order chi connectivity index (χ1) is 15.3. The maximum absolute atomic E-state index is 12.1. The highest BCUT2D eigenvalue weighted by molar-refractivity contribution is 9.10. The van der Waals surface area contributed by atoms with Gasteiger partial charge in [-0.05, 0) is 57.4 Å². The van der Waals surface area contributed by atoms with Crippen molar-refractivity contribution in [2.75, 3.05) is 0 Å². The van der Waals surface area contributed by atoms with E-state index in [9.17, 15) is 14.9 Å². The Labute approximate surface area is 202 Å². The second-order valence-electron chi connectivity index (χ2n) is 6.58. The predicted octanol–water partition coefficient (Wildman–Crippen LogP) is 5.94. The molecule has 1 N–H and O–H groups in total. The molecule has 0 aliphatic rings. The third-order valence-electron chi connectivity index (χ3n) is 4.28. The van der Waals surface area contributed by atoms with E-state index in [2.05, 4.69) is 26.5 Å². The normalized spacial score (nSPS) is 10.8. The maximum atomic E-state index is 12.1. The third kappa shape index (κ3) is 6.53. The van der Waals surface area contributed by atoms with Crippen LogP contribution >= 0.6 is 39.1 Å². The largest absolute Gasteiger partial charge is 0.488 e. The lowest BCUT2D eigenvalue weighted by Crippen LogP contribution is -2.20. The van der Waals surface area contributed by atoms with Crippen LogP contribution in [0.2, 0.25) is 10.0 Å². The van der Waals surface area contributed by atoms with E-state index in [-0.39, 0.29) is 12.1 Å². The van der Waals surface area contributed by atoms with Crippen molar-refractivity contribution in [2.24, 2.45) is 5.10 Å². The highest BCUT2D eigenvalue weighted by atomic mass is 79.9. The number of amides is 1. The minimum Gasteiger partial charge on any atom is -0.488 e. The average molecular weight is 537 g/mol. The Morgan fingerprint density at radius 2 is 1.91 bits per heavy atom. The molecular weight excluding hydrogens is 521 g/mol. The first-order valence-electron chi connectivity index (χ1n) is 9.24.